The van der Waals surface area contributed by atoms with Crippen LogP contribution in [0.4, 0.5) is 13.2 Å². The van der Waals surface area contributed by atoms with Crippen LogP contribution in [-0.2, 0) is 29.4 Å². The molecule has 0 radical (unpaired) electrons. The van der Waals surface area contributed by atoms with Crippen LogP contribution in [0.5, 0.6) is 0 Å². The van der Waals surface area contributed by atoms with Gasteiger partial charge in [-0.05, 0) is 56.7 Å². The molecular formula is C25H34F3N3O2S. The molecule has 2 heterocycles. The van der Waals surface area contributed by atoms with Crippen molar-refractivity contribution in [2.24, 2.45) is 4.99 Å². The van der Waals surface area contributed by atoms with Gasteiger partial charge in [0.2, 0.25) is 0 Å². The van der Waals surface area contributed by atoms with Gasteiger partial charge in [-0.3, -0.25) is 4.79 Å². The first-order valence-electron chi connectivity index (χ1n) is 11.5. The van der Waals surface area contributed by atoms with Gasteiger partial charge in [-0.25, -0.2) is 0 Å². The molecule has 1 amide bonds. The fourth-order valence-electron chi connectivity index (χ4n) is 3.57. The molecular weight excluding hydrogens is 463 g/mol. The molecule has 5 nitrogen and oxygen atoms in total. The maximum atomic E-state index is 13.4. The highest BCUT2D eigenvalue weighted by Gasteiger charge is 2.32. The number of rotatable bonds is 5. The predicted octanol–water partition coefficient (Wildman–Crippen LogP) is 5.67. The van der Waals surface area contributed by atoms with Crippen LogP contribution in [0.3, 0.4) is 0 Å². The average Bonchev–Trinajstić information content (AvgIpc) is 3.35. The lowest BCUT2D eigenvalue weighted by Crippen LogP contribution is -2.35. The maximum Gasteiger partial charge on any atom is 0.416 e. The summed E-state index contributed by atoms with van der Waals surface area (Å²) in [5.74, 6) is -0.680. The average molecular weight is 498 g/mol. The van der Waals surface area contributed by atoms with Gasteiger partial charge < -0.3 is 14.6 Å². The molecule has 3 rings (SSSR count). The number of amides is 1. The molecule has 34 heavy (non-hydrogen) atoms. The lowest BCUT2D eigenvalue weighted by atomic mass is 9.95. The first-order valence-corrected chi connectivity index (χ1v) is 12.3. The van der Waals surface area contributed by atoms with Gasteiger partial charge in [-0.2, -0.15) is 18.2 Å². The minimum absolute atomic E-state index is 0.0385. The summed E-state index contributed by atoms with van der Waals surface area (Å²) in [5.41, 5.74) is -0.840. The smallest absolute Gasteiger partial charge is 0.376 e. The molecule has 9 heteroatoms. The summed E-state index contributed by atoms with van der Waals surface area (Å²) in [5, 5.41) is 3.24. The van der Waals surface area contributed by atoms with E-state index in [2.05, 4.69) is 31.1 Å². The Labute approximate surface area is 203 Å². The van der Waals surface area contributed by atoms with Crippen molar-refractivity contribution in [1.82, 2.24) is 9.88 Å². The van der Waals surface area contributed by atoms with E-state index in [9.17, 15) is 18.0 Å². The largest absolute Gasteiger partial charge is 0.416 e. The van der Waals surface area contributed by atoms with Crippen LogP contribution in [0.2, 0.25) is 0 Å². The van der Waals surface area contributed by atoms with E-state index in [1.807, 2.05) is 31.5 Å². The van der Waals surface area contributed by atoms with Gasteiger partial charge in [-0.1, -0.05) is 26.8 Å². The Morgan fingerprint density at radius 1 is 1.21 bits per heavy atom. The summed E-state index contributed by atoms with van der Waals surface area (Å²) in [7, 11) is 0. The van der Waals surface area contributed by atoms with E-state index in [0.717, 1.165) is 29.9 Å². The summed E-state index contributed by atoms with van der Waals surface area (Å²) in [6.07, 6.45) is -0.616. The summed E-state index contributed by atoms with van der Waals surface area (Å²) in [6.45, 7) is 13.6. The van der Waals surface area contributed by atoms with Crippen LogP contribution in [0.15, 0.2) is 29.4 Å². The van der Waals surface area contributed by atoms with E-state index in [1.54, 1.807) is 0 Å². The van der Waals surface area contributed by atoms with Crippen LogP contribution in [-0.4, -0.2) is 28.7 Å². The molecule has 0 spiro atoms. The van der Waals surface area contributed by atoms with Crippen molar-refractivity contribution in [3.63, 3.8) is 0 Å². The molecule has 0 bridgehead atoms. The van der Waals surface area contributed by atoms with Crippen LogP contribution in [0.1, 0.15) is 80.7 Å². The first-order chi connectivity index (χ1) is 15.6. The van der Waals surface area contributed by atoms with Crippen molar-refractivity contribution in [2.75, 3.05) is 6.61 Å². The highest BCUT2D eigenvalue weighted by atomic mass is 32.1. The van der Waals surface area contributed by atoms with Crippen LogP contribution < -0.4 is 10.1 Å². The molecule has 188 valence electrons. The summed E-state index contributed by atoms with van der Waals surface area (Å²) < 4.78 is 47.9. The van der Waals surface area contributed by atoms with E-state index in [1.165, 1.54) is 17.4 Å². The Kier molecular flexibility index (Phi) is 7.79. The zero-order valence-corrected chi connectivity index (χ0v) is 21.5. The van der Waals surface area contributed by atoms with Crippen molar-refractivity contribution in [2.45, 2.75) is 90.7 Å². The molecule has 1 saturated heterocycles. The summed E-state index contributed by atoms with van der Waals surface area (Å²) in [6, 6.07) is 3.28. The van der Waals surface area contributed by atoms with E-state index < -0.39 is 17.6 Å². The first kappa shape index (κ1) is 26.6. The molecule has 1 atom stereocenters. The molecule has 1 fully saturated rings. The number of hydrogen-bond donors (Lipinski definition) is 1. The lowest BCUT2D eigenvalue weighted by molar-refractivity contribution is -0.137. The van der Waals surface area contributed by atoms with E-state index in [0.29, 0.717) is 23.5 Å². The van der Waals surface area contributed by atoms with Crippen LogP contribution in [0.25, 0.3) is 0 Å². The number of thiazole rings is 1. The Morgan fingerprint density at radius 2 is 1.91 bits per heavy atom. The molecule has 0 saturated carbocycles. The number of aromatic nitrogens is 1. The third kappa shape index (κ3) is 7.02. The maximum absolute atomic E-state index is 13.4. The number of nitrogens with one attached hydrogen (secondary N) is 1. The normalized spacial score (nSPS) is 18.0. The highest BCUT2D eigenvalue weighted by Crippen LogP contribution is 2.31. The second kappa shape index (κ2) is 9.95. The molecule has 1 aliphatic rings. The van der Waals surface area contributed by atoms with E-state index >= 15 is 0 Å². The van der Waals surface area contributed by atoms with Crippen molar-refractivity contribution in [3.05, 3.63) is 50.8 Å². The number of alkyl halides is 3. The minimum Gasteiger partial charge on any atom is -0.376 e. The third-order valence-electron chi connectivity index (χ3n) is 5.56. The van der Waals surface area contributed by atoms with Gasteiger partial charge in [0, 0.05) is 35.3 Å². The fourth-order valence-corrected chi connectivity index (χ4v) is 4.62. The third-order valence-corrected chi connectivity index (χ3v) is 7.00. The van der Waals surface area contributed by atoms with Crippen LogP contribution in [0, 0.1) is 0 Å². The topological polar surface area (TPSA) is 55.6 Å². The Bertz CT molecular complexity index is 1080. The minimum atomic E-state index is -4.55. The fraction of sp³-hybridized carbons (Fsp3) is 0.600. The number of ether oxygens (including phenoxy) is 1. The van der Waals surface area contributed by atoms with Gasteiger partial charge in [0.1, 0.15) is 0 Å². The molecule has 0 unspecified atom stereocenters. The monoisotopic (exact) mass is 497 g/mol. The Hall–Kier alpha value is -1.97. The zero-order chi connectivity index (χ0) is 25.3. The van der Waals surface area contributed by atoms with E-state index in [-0.39, 0.29) is 29.2 Å². The molecule has 1 aliphatic heterocycles. The number of benzene rings is 1. The number of hydrogen-bond acceptors (Lipinski definition) is 4. The predicted molar refractivity (Wildman–Crippen MR) is 128 cm³/mol. The van der Waals surface area contributed by atoms with Gasteiger partial charge >= 0.3 is 6.18 Å². The standard InChI is InChI=1S/C25H34F3N3O2S/c1-23(2,3)20-15-31(14-18-8-7-11-33-18)22(34-20)30-21(32)19-12-17(25(26,27)28)10-9-16(19)13-29-24(4,5)6/h9-10,12,15,18,29H,7-8,11,13-14H2,1-6H3/b30-22-/t18-/m1/s1. The van der Waals surface area contributed by atoms with Gasteiger partial charge in [0.05, 0.1) is 18.2 Å². The molecule has 2 aromatic rings. The molecule has 1 aromatic heterocycles. The van der Waals surface area contributed by atoms with Gasteiger partial charge in [-0.15, -0.1) is 11.3 Å². The quantitative estimate of drug-likeness (QED) is 0.579. The zero-order valence-electron chi connectivity index (χ0n) is 20.7. The summed E-state index contributed by atoms with van der Waals surface area (Å²) in [4.78, 5) is 19.1. The second-order valence-electron chi connectivity index (χ2n) is 10.8. The van der Waals surface area contributed by atoms with Crippen molar-refractivity contribution in [3.8, 4) is 0 Å². The Balaban J connectivity index is 2.05. The van der Waals surface area contributed by atoms with E-state index in [4.69, 9.17) is 4.74 Å². The van der Waals surface area contributed by atoms with Crippen molar-refractivity contribution in [1.29, 1.82) is 0 Å². The van der Waals surface area contributed by atoms with Crippen LogP contribution >= 0.6 is 11.3 Å². The van der Waals surface area contributed by atoms with Crippen molar-refractivity contribution < 1.29 is 22.7 Å². The van der Waals surface area contributed by atoms with Gasteiger partial charge in [0.25, 0.3) is 5.91 Å². The highest BCUT2D eigenvalue weighted by molar-refractivity contribution is 7.09. The second-order valence-corrected chi connectivity index (χ2v) is 11.8. The summed E-state index contributed by atoms with van der Waals surface area (Å²) >= 11 is 1.39. The molecule has 0 aliphatic carbocycles. The van der Waals surface area contributed by atoms with Crippen molar-refractivity contribution >= 4 is 17.2 Å². The molecule has 1 aromatic carbocycles. The number of carbonyl (C=O) groups is 1. The lowest BCUT2D eigenvalue weighted by Gasteiger charge is -2.21. The Morgan fingerprint density at radius 3 is 2.47 bits per heavy atom. The van der Waals surface area contributed by atoms with Gasteiger partial charge in [0.15, 0.2) is 4.80 Å². The SMILES string of the molecule is CC(C)(C)NCc1ccc(C(F)(F)F)cc1C(=O)/N=c1\sc(C(C)(C)C)cn1C[C@H]1CCCO1. The molecule has 1 N–H and O–H groups in total. The number of carbonyl (C=O) groups excluding carboxylic acids is 1. The number of halogens is 3. The number of nitrogens with zero attached hydrogens (tertiary/aromatic N) is 2.